The number of hydrogen-bond acceptors (Lipinski definition) is 5. The quantitative estimate of drug-likeness (QED) is 0.697. The summed E-state index contributed by atoms with van der Waals surface area (Å²) in [5.74, 6) is 2.47. The standard InChI is InChI=1S/C23H36O5/c1-16-5-4-6-21(24)22(28-23-7-2-3-10-27-23)14-18-9-8-17-13-19(15-20(17)18)26-12-11-25-16/h14,16-20,23H,2-13,15H2,1H3/t16?,17?,18-,19?,20?,23?/m1/s1. The van der Waals surface area contributed by atoms with Gasteiger partial charge in [-0.15, -0.1) is 0 Å². The first kappa shape index (κ1) is 20.4. The van der Waals surface area contributed by atoms with Gasteiger partial charge in [0.15, 0.2) is 17.8 Å². The van der Waals surface area contributed by atoms with Crippen LogP contribution in [0.25, 0.3) is 0 Å². The fourth-order valence-corrected chi connectivity index (χ4v) is 5.48. The Hall–Kier alpha value is -0.910. The van der Waals surface area contributed by atoms with Crippen molar-refractivity contribution in [3.63, 3.8) is 0 Å². The molecule has 2 bridgehead atoms. The molecule has 4 rings (SSSR count). The summed E-state index contributed by atoms with van der Waals surface area (Å²) in [7, 11) is 0. The summed E-state index contributed by atoms with van der Waals surface area (Å²) in [5, 5.41) is 0. The van der Waals surface area contributed by atoms with Gasteiger partial charge in [0.05, 0.1) is 32.0 Å². The normalized spacial score (nSPS) is 40.5. The highest BCUT2D eigenvalue weighted by Crippen LogP contribution is 2.49. The largest absolute Gasteiger partial charge is 0.462 e. The molecule has 4 aliphatic rings. The molecular formula is C23H36O5. The third kappa shape index (κ3) is 5.17. The molecule has 1 saturated heterocycles. The second kappa shape index (κ2) is 9.73. The minimum absolute atomic E-state index is 0.130. The molecule has 0 aromatic heterocycles. The maximum absolute atomic E-state index is 13.0. The molecule has 0 aromatic rings. The summed E-state index contributed by atoms with van der Waals surface area (Å²) in [6.45, 7) is 4.14. The van der Waals surface area contributed by atoms with Crippen LogP contribution in [0.3, 0.4) is 0 Å². The molecule has 28 heavy (non-hydrogen) atoms. The molecule has 5 unspecified atom stereocenters. The van der Waals surface area contributed by atoms with E-state index in [1.54, 1.807) is 0 Å². The van der Waals surface area contributed by atoms with Crippen molar-refractivity contribution < 1.29 is 23.7 Å². The van der Waals surface area contributed by atoms with Gasteiger partial charge in [-0.2, -0.15) is 0 Å². The molecule has 0 radical (unpaired) electrons. The molecule has 2 aliphatic carbocycles. The van der Waals surface area contributed by atoms with E-state index in [-0.39, 0.29) is 18.2 Å². The van der Waals surface area contributed by atoms with Crippen LogP contribution in [0.2, 0.25) is 0 Å². The van der Waals surface area contributed by atoms with Crippen molar-refractivity contribution in [2.45, 2.75) is 89.6 Å². The molecule has 0 amide bonds. The van der Waals surface area contributed by atoms with Gasteiger partial charge in [-0.1, -0.05) is 0 Å². The van der Waals surface area contributed by atoms with Gasteiger partial charge in [0.25, 0.3) is 0 Å². The van der Waals surface area contributed by atoms with E-state index >= 15 is 0 Å². The molecule has 3 fully saturated rings. The smallest absolute Gasteiger partial charge is 0.199 e. The number of hydrogen-bond donors (Lipinski definition) is 0. The lowest BCUT2D eigenvalue weighted by Gasteiger charge is -2.25. The molecule has 0 N–H and O–H groups in total. The molecule has 2 heterocycles. The Bertz CT molecular complexity index is 553. The number of rotatable bonds is 2. The molecule has 2 aliphatic heterocycles. The van der Waals surface area contributed by atoms with Crippen LogP contribution >= 0.6 is 0 Å². The molecule has 0 spiro atoms. The van der Waals surface area contributed by atoms with Crippen molar-refractivity contribution in [1.82, 2.24) is 0 Å². The van der Waals surface area contributed by atoms with Gasteiger partial charge in [0.1, 0.15) is 0 Å². The topological polar surface area (TPSA) is 54.0 Å². The molecule has 5 nitrogen and oxygen atoms in total. The van der Waals surface area contributed by atoms with E-state index in [0.717, 1.165) is 63.9 Å². The SMILES string of the molecule is CC1CCCC(=O)C(OC2CCCCO2)=C[C@H]2CCC3CC(CC32)OCCO1. The maximum Gasteiger partial charge on any atom is 0.199 e. The Labute approximate surface area is 169 Å². The molecule has 0 aromatic carbocycles. The molecule has 2 saturated carbocycles. The maximum atomic E-state index is 13.0. The van der Waals surface area contributed by atoms with Crippen LogP contribution in [0, 0.1) is 17.8 Å². The monoisotopic (exact) mass is 392 g/mol. The van der Waals surface area contributed by atoms with Crippen LogP contribution in [-0.2, 0) is 23.7 Å². The van der Waals surface area contributed by atoms with E-state index in [0.29, 0.717) is 43.3 Å². The summed E-state index contributed by atoms with van der Waals surface area (Å²) in [5.41, 5.74) is 0. The predicted molar refractivity (Wildman–Crippen MR) is 106 cm³/mol. The number of allylic oxidation sites excluding steroid dienone is 2. The number of ketones is 1. The third-order valence-corrected chi connectivity index (χ3v) is 7.02. The minimum Gasteiger partial charge on any atom is -0.462 e. The van der Waals surface area contributed by atoms with Crippen LogP contribution in [0.15, 0.2) is 11.8 Å². The van der Waals surface area contributed by atoms with E-state index in [4.69, 9.17) is 18.9 Å². The van der Waals surface area contributed by atoms with Crippen molar-refractivity contribution in [2.24, 2.45) is 17.8 Å². The van der Waals surface area contributed by atoms with Gasteiger partial charge in [0.2, 0.25) is 0 Å². The van der Waals surface area contributed by atoms with Gasteiger partial charge < -0.3 is 18.9 Å². The van der Waals surface area contributed by atoms with Crippen LogP contribution in [-0.4, -0.2) is 44.1 Å². The van der Waals surface area contributed by atoms with Gasteiger partial charge in [-0.3, -0.25) is 4.79 Å². The molecule has 158 valence electrons. The van der Waals surface area contributed by atoms with Crippen LogP contribution in [0.5, 0.6) is 0 Å². The Morgan fingerprint density at radius 1 is 0.929 bits per heavy atom. The van der Waals surface area contributed by atoms with Gasteiger partial charge in [0, 0.05) is 12.8 Å². The average Bonchev–Trinajstić information content (AvgIpc) is 3.26. The average molecular weight is 393 g/mol. The lowest BCUT2D eigenvalue weighted by Crippen LogP contribution is -2.25. The van der Waals surface area contributed by atoms with E-state index < -0.39 is 0 Å². The van der Waals surface area contributed by atoms with Gasteiger partial charge in [-0.25, -0.2) is 0 Å². The first-order valence-corrected chi connectivity index (χ1v) is 11.5. The fourth-order valence-electron chi connectivity index (χ4n) is 5.48. The summed E-state index contributed by atoms with van der Waals surface area (Å²) in [6.07, 6.45) is 12.3. The summed E-state index contributed by atoms with van der Waals surface area (Å²) < 4.78 is 23.9. The summed E-state index contributed by atoms with van der Waals surface area (Å²) in [6, 6.07) is 0. The van der Waals surface area contributed by atoms with E-state index in [1.165, 1.54) is 6.42 Å². The van der Waals surface area contributed by atoms with E-state index in [9.17, 15) is 4.79 Å². The van der Waals surface area contributed by atoms with Crippen LogP contribution < -0.4 is 0 Å². The van der Waals surface area contributed by atoms with E-state index in [2.05, 4.69) is 13.0 Å². The zero-order valence-corrected chi connectivity index (χ0v) is 17.3. The first-order valence-electron chi connectivity index (χ1n) is 11.5. The Morgan fingerprint density at radius 3 is 2.68 bits per heavy atom. The van der Waals surface area contributed by atoms with Crippen LogP contribution in [0.4, 0.5) is 0 Å². The second-order valence-electron chi connectivity index (χ2n) is 9.07. The van der Waals surface area contributed by atoms with Crippen molar-refractivity contribution in [2.75, 3.05) is 19.8 Å². The second-order valence-corrected chi connectivity index (χ2v) is 9.07. The summed E-state index contributed by atoms with van der Waals surface area (Å²) >= 11 is 0. The zero-order chi connectivity index (χ0) is 19.3. The number of carbonyl (C=O) groups excluding carboxylic acids is 1. The number of carbonyl (C=O) groups is 1. The summed E-state index contributed by atoms with van der Waals surface area (Å²) in [4.78, 5) is 13.0. The lowest BCUT2D eigenvalue weighted by atomic mass is 9.91. The number of ether oxygens (including phenoxy) is 4. The molecule has 5 heteroatoms. The fraction of sp³-hybridized carbons (Fsp3) is 0.870. The van der Waals surface area contributed by atoms with E-state index in [1.807, 2.05) is 0 Å². The number of fused-ring (bicyclic) bond motifs is 1. The highest BCUT2D eigenvalue weighted by atomic mass is 16.7. The van der Waals surface area contributed by atoms with Crippen molar-refractivity contribution in [3.8, 4) is 0 Å². The molecular weight excluding hydrogens is 356 g/mol. The Kier molecular flexibility index (Phi) is 7.08. The minimum atomic E-state index is -0.259. The highest BCUT2D eigenvalue weighted by Gasteiger charge is 2.43. The Balaban J connectivity index is 1.49. The Morgan fingerprint density at radius 2 is 1.82 bits per heavy atom. The highest BCUT2D eigenvalue weighted by molar-refractivity contribution is 5.93. The first-order chi connectivity index (χ1) is 13.7. The van der Waals surface area contributed by atoms with Gasteiger partial charge in [-0.05, 0) is 82.1 Å². The number of Topliss-reactive ketones (excluding diaryl/α,β-unsaturated/α-hetero) is 1. The van der Waals surface area contributed by atoms with Crippen molar-refractivity contribution >= 4 is 5.78 Å². The van der Waals surface area contributed by atoms with Gasteiger partial charge >= 0.3 is 0 Å². The van der Waals surface area contributed by atoms with Crippen molar-refractivity contribution in [3.05, 3.63) is 11.8 Å². The third-order valence-electron chi connectivity index (χ3n) is 7.02. The predicted octanol–water partition coefficient (Wildman–Crippen LogP) is 4.39. The zero-order valence-electron chi connectivity index (χ0n) is 17.3. The molecule has 6 atom stereocenters. The lowest BCUT2D eigenvalue weighted by molar-refractivity contribution is -0.150. The van der Waals surface area contributed by atoms with Crippen molar-refractivity contribution in [1.29, 1.82) is 0 Å². The van der Waals surface area contributed by atoms with Crippen LogP contribution in [0.1, 0.15) is 71.1 Å².